The normalized spacial score (nSPS) is 16.8. The fourth-order valence-electron chi connectivity index (χ4n) is 1.20. The number of anilines is 2. The molecule has 0 spiro atoms. The van der Waals surface area contributed by atoms with Gasteiger partial charge in [0, 0.05) is 6.54 Å². The fraction of sp³-hybridized carbons (Fsp3) is 0.375. The Morgan fingerprint density at radius 1 is 1.50 bits per heavy atom. The van der Waals surface area contributed by atoms with Gasteiger partial charge in [-0.05, 0) is 18.6 Å². The Morgan fingerprint density at radius 2 is 2.42 bits per heavy atom. The van der Waals surface area contributed by atoms with E-state index in [0.717, 1.165) is 25.3 Å². The number of hydrogen-bond donors (Lipinski definition) is 1. The van der Waals surface area contributed by atoms with E-state index in [-0.39, 0.29) is 0 Å². The molecule has 1 aliphatic rings. The fourth-order valence-corrected chi connectivity index (χ4v) is 1.20. The third-order valence-corrected chi connectivity index (χ3v) is 1.81. The lowest BCUT2D eigenvalue weighted by molar-refractivity contribution is 0.168. The van der Waals surface area contributed by atoms with Crippen molar-refractivity contribution in [3.63, 3.8) is 0 Å². The van der Waals surface area contributed by atoms with Crippen LogP contribution in [0.25, 0.3) is 0 Å². The summed E-state index contributed by atoms with van der Waals surface area (Å²) >= 11 is 0. The molecule has 1 fully saturated rings. The Morgan fingerprint density at radius 3 is 3.00 bits per heavy atom. The molecule has 0 aliphatic carbocycles. The molecule has 12 heavy (non-hydrogen) atoms. The highest BCUT2D eigenvalue weighted by Crippen LogP contribution is 2.17. The van der Waals surface area contributed by atoms with Crippen molar-refractivity contribution in [2.24, 2.45) is 0 Å². The minimum absolute atomic E-state index is 0.540. The van der Waals surface area contributed by atoms with Crippen LogP contribution >= 0.6 is 0 Å². The summed E-state index contributed by atoms with van der Waals surface area (Å²) in [5, 5.41) is 1.84. The third-order valence-electron chi connectivity index (χ3n) is 1.81. The van der Waals surface area contributed by atoms with Crippen molar-refractivity contribution in [1.29, 1.82) is 0 Å². The molecule has 0 amide bonds. The maximum Gasteiger partial charge on any atom is 0.123 e. The molecule has 0 saturated carbocycles. The second-order valence-corrected chi connectivity index (χ2v) is 2.73. The van der Waals surface area contributed by atoms with Crippen LogP contribution in [0.1, 0.15) is 6.42 Å². The lowest BCUT2D eigenvalue weighted by Crippen LogP contribution is -2.16. The Kier molecular flexibility index (Phi) is 1.83. The SMILES string of the molecule is Nc1ccc(N2CCCO2)cn1. The number of hydroxylamine groups is 1. The van der Waals surface area contributed by atoms with Crippen molar-refractivity contribution in [2.45, 2.75) is 6.42 Å². The van der Waals surface area contributed by atoms with Gasteiger partial charge in [-0.15, -0.1) is 0 Å². The number of nitrogens with zero attached hydrogens (tertiary/aromatic N) is 2. The van der Waals surface area contributed by atoms with Gasteiger partial charge in [-0.3, -0.25) is 9.90 Å². The van der Waals surface area contributed by atoms with Crippen LogP contribution in [-0.4, -0.2) is 18.1 Å². The second kappa shape index (κ2) is 2.98. The van der Waals surface area contributed by atoms with Gasteiger partial charge < -0.3 is 5.73 Å². The number of pyridine rings is 1. The summed E-state index contributed by atoms with van der Waals surface area (Å²) in [7, 11) is 0. The minimum atomic E-state index is 0.540. The van der Waals surface area contributed by atoms with Crippen molar-refractivity contribution in [3.05, 3.63) is 18.3 Å². The summed E-state index contributed by atoms with van der Waals surface area (Å²) in [6.45, 7) is 1.73. The molecule has 0 aromatic carbocycles. The van der Waals surface area contributed by atoms with Crippen LogP contribution in [0.5, 0.6) is 0 Å². The van der Waals surface area contributed by atoms with E-state index in [1.165, 1.54) is 0 Å². The quantitative estimate of drug-likeness (QED) is 0.669. The van der Waals surface area contributed by atoms with Crippen LogP contribution < -0.4 is 10.8 Å². The standard InChI is InChI=1S/C8H11N3O/c9-8-3-2-7(6-10-8)11-4-1-5-12-11/h2-3,6H,1,4-5H2,(H2,9,10). The highest BCUT2D eigenvalue weighted by atomic mass is 16.7. The first kappa shape index (κ1) is 7.36. The van der Waals surface area contributed by atoms with E-state index in [9.17, 15) is 0 Å². The van der Waals surface area contributed by atoms with E-state index in [1.807, 2.05) is 11.1 Å². The van der Waals surface area contributed by atoms with Crippen LogP contribution in [-0.2, 0) is 4.84 Å². The monoisotopic (exact) mass is 165 g/mol. The van der Waals surface area contributed by atoms with Gasteiger partial charge in [0.1, 0.15) is 5.82 Å². The van der Waals surface area contributed by atoms with Gasteiger partial charge in [0.2, 0.25) is 0 Å². The molecule has 2 N–H and O–H groups in total. The molecule has 0 atom stereocenters. The highest BCUT2D eigenvalue weighted by Gasteiger charge is 2.12. The number of nitrogen functional groups attached to an aromatic ring is 1. The molecule has 1 aliphatic heterocycles. The molecule has 2 heterocycles. The van der Waals surface area contributed by atoms with Crippen molar-refractivity contribution < 1.29 is 4.84 Å². The molecule has 1 aromatic heterocycles. The number of rotatable bonds is 1. The zero-order chi connectivity index (χ0) is 8.39. The molecule has 1 aromatic rings. The van der Waals surface area contributed by atoms with Crippen molar-refractivity contribution in [2.75, 3.05) is 23.9 Å². The van der Waals surface area contributed by atoms with E-state index in [4.69, 9.17) is 10.6 Å². The lowest BCUT2D eigenvalue weighted by atomic mass is 10.4. The predicted octanol–water partition coefficient (Wildman–Crippen LogP) is 0.805. The van der Waals surface area contributed by atoms with E-state index >= 15 is 0 Å². The molecule has 2 rings (SSSR count). The van der Waals surface area contributed by atoms with Crippen molar-refractivity contribution >= 4 is 11.5 Å². The maximum atomic E-state index is 5.45. The summed E-state index contributed by atoms with van der Waals surface area (Å²) in [5.41, 5.74) is 6.43. The molecule has 4 heteroatoms. The first-order valence-electron chi connectivity index (χ1n) is 3.98. The summed E-state index contributed by atoms with van der Waals surface area (Å²) in [5.74, 6) is 0.540. The predicted molar refractivity (Wildman–Crippen MR) is 46.6 cm³/mol. The molecule has 0 bridgehead atoms. The number of hydrogen-bond acceptors (Lipinski definition) is 4. The van der Waals surface area contributed by atoms with E-state index in [2.05, 4.69) is 4.98 Å². The molecule has 1 saturated heterocycles. The van der Waals surface area contributed by atoms with Gasteiger partial charge in [0.25, 0.3) is 0 Å². The summed E-state index contributed by atoms with van der Waals surface area (Å²) in [6.07, 6.45) is 2.80. The summed E-state index contributed by atoms with van der Waals surface area (Å²) in [6, 6.07) is 3.69. The zero-order valence-corrected chi connectivity index (χ0v) is 6.73. The maximum absolute atomic E-state index is 5.45. The average Bonchev–Trinajstić information content (AvgIpc) is 2.58. The molecular formula is C8H11N3O. The van der Waals surface area contributed by atoms with Gasteiger partial charge in [-0.1, -0.05) is 0 Å². The van der Waals surface area contributed by atoms with Crippen LogP contribution in [0.3, 0.4) is 0 Å². The average molecular weight is 165 g/mol. The molecular weight excluding hydrogens is 154 g/mol. The highest BCUT2D eigenvalue weighted by molar-refractivity contribution is 5.46. The Hall–Kier alpha value is -1.29. The first-order valence-corrected chi connectivity index (χ1v) is 3.98. The zero-order valence-electron chi connectivity index (χ0n) is 6.73. The largest absolute Gasteiger partial charge is 0.384 e. The summed E-state index contributed by atoms with van der Waals surface area (Å²) in [4.78, 5) is 9.31. The van der Waals surface area contributed by atoms with E-state index < -0.39 is 0 Å². The van der Waals surface area contributed by atoms with Gasteiger partial charge in [0.15, 0.2) is 0 Å². The minimum Gasteiger partial charge on any atom is -0.384 e. The van der Waals surface area contributed by atoms with Crippen molar-refractivity contribution in [3.8, 4) is 0 Å². The topological polar surface area (TPSA) is 51.4 Å². The molecule has 0 radical (unpaired) electrons. The first-order chi connectivity index (χ1) is 5.86. The smallest absolute Gasteiger partial charge is 0.123 e. The summed E-state index contributed by atoms with van der Waals surface area (Å²) < 4.78 is 0. The Labute approximate surface area is 70.9 Å². The van der Waals surface area contributed by atoms with E-state index in [1.54, 1.807) is 12.3 Å². The number of nitrogens with two attached hydrogens (primary N) is 1. The Balaban J connectivity index is 2.17. The van der Waals surface area contributed by atoms with Crippen LogP contribution in [0.15, 0.2) is 18.3 Å². The van der Waals surface area contributed by atoms with Gasteiger partial charge in [0.05, 0.1) is 18.5 Å². The molecule has 64 valence electrons. The third kappa shape index (κ3) is 1.33. The Bertz CT molecular complexity index is 254. The second-order valence-electron chi connectivity index (χ2n) is 2.73. The van der Waals surface area contributed by atoms with Crippen LogP contribution in [0, 0.1) is 0 Å². The van der Waals surface area contributed by atoms with Crippen LogP contribution in [0.4, 0.5) is 11.5 Å². The van der Waals surface area contributed by atoms with Crippen molar-refractivity contribution in [1.82, 2.24) is 4.98 Å². The van der Waals surface area contributed by atoms with Crippen LogP contribution in [0.2, 0.25) is 0 Å². The van der Waals surface area contributed by atoms with Gasteiger partial charge in [-0.25, -0.2) is 4.98 Å². The van der Waals surface area contributed by atoms with Gasteiger partial charge >= 0.3 is 0 Å². The molecule has 0 unspecified atom stereocenters. The lowest BCUT2D eigenvalue weighted by Gasteiger charge is -2.14. The van der Waals surface area contributed by atoms with E-state index in [0.29, 0.717) is 5.82 Å². The molecule has 4 nitrogen and oxygen atoms in total. The number of aromatic nitrogens is 1. The van der Waals surface area contributed by atoms with Gasteiger partial charge in [-0.2, -0.15) is 0 Å².